The molecule has 0 atom stereocenters. The molecule has 0 aromatic heterocycles. The van der Waals surface area contributed by atoms with Gasteiger partial charge >= 0.3 is 6.09 Å². The van der Waals surface area contributed by atoms with Crippen molar-refractivity contribution >= 4 is 6.09 Å². The number of piperazine rings is 1. The van der Waals surface area contributed by atoms with Crippen LogP contribution in [0.3, 0.4) is 0 Å². The molecule has 4 rings (SSSR count). The summed E-state index contributed by atoms with van der Waals surface area (Å²) in [4.78, 5) is 15.8. The van der Waals surface area contributed by atoms with E-state index in [-0.39, 0.29) is 18.6 Å². The van der Waals surface area contributed by atoms with Crippen LogP contribution in [0.25, 0.3) is 11.1 Å². The molecule has 7 nitrogen and oxygen atoms in total. The highest BCUT2D eigenvalue weighted by Crippen LogP contribution is 2.37. The SMILES string of the molecule is CCOC(=O)N1CCN(Cc2cc(-c3ccc4c(c3)OCO4)ccc2O)CC1. The van der Waals surface area contributed by atoms with Gasteiger partial charge in [-0.25, -0.2) is 4.79 Å². The van der Waals surface area contributed by atoms with Crippen LogP contribution in [-0.4, -0.2) is 60.6 Å². The fraction of sp³-hybridized carbons (Fsp3) is 0.381. The van der Waals surface area contributed by atoms with E-state index in [4.69, 9.17) is 14.2 Å². The average Bonchev–Trinajstić information content (AvgIpc) is 3.18. The molecule has 2 aliphatic heterocycles. The summed E-state index contributed by atoms with van der Waals surface area (Å²) >= 11 is 0. The first-order valence-electron chi connectivity index (χ1n) is 9.50. The zero-order valence-corrected chi connectivity index (χ0v) is 15.9. The molecule has 0 bridgehead atoms. The molecule has 2 aromatic carbocycles. The average molecular weight is 384 g/mol. The molecule has 2 heterocycles. The van der Waals surface area contributed by atoms with E-state index in [1.165, 1.54) is 0 Å². The Balaban J connectivity index is 1.44. The first-order chi connectivity index (χ1) is 13.6. The van der Waals surface area contributed by atoms with E-state index in [1.807, 2.05) is 37.3 Å². The van der Waals surface area contributed by atoms with E-state index in [9.17, 15) is 9.90 Å². The van der Waals surface area contributed by atoms with E-state index < -0.39 is 0 Å². The van der Waals surface area contributed by atoms with Crippen LogP contribution < -0.4 is 9.47 Å². The van der Waals surface area contributed by atoms with Gasteiger partial charge in [-0.15, -0.1) is 0 Å². The van der Waals surface area contributed by atoms with Gasteiger partial charge in [0.15, 0.2) is 11.5 Å². The molecule has 0 unspecified atom stereocenters. The van der Waals surface area contributed by atoms with Gasteiger partial charge in [-0.05, 0) is 42.3 Å². The van der Waals surface area contributed by atoms with Gasteiger partial charge in [0.25, 0.3) is 0 Å². The third-order valence-electron chi connectivity index (χ3n) is 5.08. The van der Waals surface area contributed by atoms with Crippen molar-refractivity contribution < 1.29 is 24.1 Å². The number of carbonyl (C=O) groups excluding carboxylic acids is 1. The molecule has 1 amide bonds. The Morgan fingerprint density at radius 1 is 1.04 bits per heavy atom. The van der Waals surface area contributed by atoms with Crippen LogP contribution in [0.2, 0.25) is 0 Å². The molecule has 0 radical (unpaired) electrons. The molecule has 1 N–H and O–H groups in total. The number of carbonyl (C=O) groups is 1. The number of phenols is 1. The second-order valence-corrected chi connectivity index (χ2v) is 6.87. The second-order valence-electron chi connectivity index (χ2n) is 6.87. The number of phenolic OH excluding ortho intramolecular Hbond substituents is 1. The van der Waals surface area contributed by atoms with Crippen molar-refractivity contribution in [1.29, 1.82) is 0 Å². The molecule has 1 saturated heterocycles. The van der Waals surface area contributed by atoms with Gasteiger partial charge < -0.3 is 24.2 Å². The number of hydrogen-bond donors (Lipinski definition) is 1. The van der Waals surface area contributed by atoms with Gasteiger partial charge in [0.1, 0.15) is 5.75 Å². The minimum atomic E-state index is -0.255. The van der Waals surface area contributed by atoms with Crippen molar-refractivity contribution in [2.24, 2.45) is 0 Å². The van der Waals surface area contributed by atoms with Crippen LogP contribution in [0.1, 0.15) is 12.5 Å². The van der Waals surface area contributed by atoms with Gasteiger partial charge in [-0.3, -0.25) is 4.90 Å². The number of amides is 1. The molecule has 0 spiro atoms. The van der Waals surface area contributed by atoms with Gasteiger partial charge in [0.05, 0.1) is 6.61 Å². The topological polar surface area (TPSA) is 71.5 Å². The molecule has 28 heavy (non-hydrogen) atoms. The second kappa shape index (κ2) is 7.98. The van der Waals surface area contributed by atoms with Crippen LogP contribution in [0.4, 0.5) is 4.79 Å². The molecule has 148 valence electrons. The highest BCUT2D eigenvalue weighted by molar-refractivity contribution is 5.69. The van der Waals surface area contributed by atoms with Crippen molar-refractivity contribution in [1.82, 2.24) is 9.80 Å². The first-order valence-corrected chi connectivity index (χ1v) is 9.50. The Bertz CT molecular complexity index is 862. The summed E-state index contributed by atoms with van der Waals surface area (Å²) in [7, 11) is 0. The molecular formula is C21H24N2O5. The van der Waals surface area contributed by atoms with Gasteiger partial charge in [-0.2, -0.15) is 0 Å². The zero-order chi connectivity index (χ0) is 19.5. The minimum absolute atomic E-state index is 0.247. The summed E-state index contributed by atoms with van der Waals surface area (Å²) in [6, 6.07) is 11.5. The number of benzene rings is 2. The number of nitrogens with zero attached hydrogens (tertiary/aromatic N) is 2. The summed E-state index contributed by atoms with van der Waals surface area (Å²) < 4.78 is 15.9. The maximum Gasteiger partial charge on any atom is 0.409 e. The van der Waals surface area contributed by atoms with Gasteiger partial charge in [-0.1, -0.05) is 12.1 Å². The van der Waals surface area contributed by atoms with E-state index >= 15 is 0 Å². The quantitative estimate of drug-likeness (QED) is 0.874. The standard InChI is InChI=1S/C21H24N2O5/c1-2-26-21(25)23-9-7-22(8-10-23)13-17-11-15(3-5-18(17)24)16-4-6-19-20(12-16)28-14-27-19/h3-6,11-12,24H,2,7-10,13-14H2,1H3. The Labute approximate surface area is 164 Å². The largest absolute Gasteiger partial charge is 0.508 e. The molecule has 7 heteroatoms. The van der Waals surface area contributed by atoms with Crippen molar-refractivity contribution in [2.45, 2.75) is 13.5 Å². The normalized spacial score (nSPS) is 16.2. The van der Waals surface area contributed by atoms with Gasteiger partial charge in [0.2, 0.25) is 6.79 Å². The maximum atomic E-state index is 11.8. The summed E-state index contributed by atoms with van der Waals surface area (Å²) in [6.45, 7) is 5.81. The van der Waals surface area contributed by atoms with Crippen LogP contribution in [0.5, 0.6) is 17.2 Å². The van der Waals surface area contributed by atoms with Crippen LogP contribution >= 0.6 is 0 Å². The molecule has 0 saturated carbocycles. The maximum absolute atomic E-state index is 11.8. The lowest BCUT2D eigenvalue weighted by atomic mass is 10.0. The van der Waals surface area contributed by atoms with E-state index in [2.05, 4.69) is 4.90 Å². The minimum Gasteiger partial charge on any atom is -0.508 e. The van der Waals surface area contributed by atoms with E-state index in [1.54, 1.807) is 11.0 Å². The van der Waals surface area contributed by atoms with Crippen LogP contribution in [0, 0.1) is 0 Å². The fourth-order valence-electron chi connectivity index (χ4n) is 3.51. The lowest BCUT2D eigenvalue weighted by Crippen LogP contribution is -2.48. The summed E-state index contributed by atoms with van der Waals surface area (Å²) in [5.41, 5.74) is 2.88. The molecule has 1 fully saturated rings. The van der Waals surface area contributed by atoms with E-state index in [0.29, 0.717) is 26.2 Å². The van der Waals surface area contributed by atoms with Crippen molar-refractivity contribution in [2.75, 3.05) is 39.6 Å². The molecular weight excluding hydrogens is 360 g/mol. The smallest absolute Gasteiger partial charge is 0.409 e. The Morgan fingerprint density at radius 2 is 1.75 bits per heavy atom. The highest BCUT2D eigenvalue weighted by Gasteiger charge is 2.22. The summed E-state index contributed by atoms with van der Waals surface area (Å²) in [6.07, 6.45) is -0.255. The summed E-state index contributed by atoms with van der Waals surface area (Å²) in [5, 5.41) is 10.3. The Hall–Kier alpha value is -2.93. The Kier molecular flexibility index (Phi) is 5.25. The molecule has 2 aromatic rings. The first kappa shape index (κ1) is 18.4. The predicted molar refractivity (Wildman–Crippen MR) is 104 cm³/mol. The fourth-order valence-corrected chi connectivity index (χ4v) is 3.51. The number of hydrogen-bond acceptors (Lipinski definition) is 6. The van der Waals surface area contributed by atoms with Gasteiger partial charge in [0, 0.05) is 38.3 Å². The third kappa shape index (κ3) is 3.84. The highest BCUT2D eigenvalue weighted by atomic mass is 16.7. The Morgan fingerprint density at radius 3 is 2.54 bits per heavy atom. The van der Waals surface area contributed by atoms with E-state index in [0.717, 1.165) is 41.3 Å². The van der Waals surface area contributed by atoms with Crippen molar-refractivity contribution in [3.8, 4) is 28.4 Å². The third-order valence-corrected chi connectivity index (χ3v) is 5.08. The van der Waals surface area contributed by atoms with Crippen molar-refractivity contribution in [3.05, 3.63) is 42.0 Å². The number of rotatable bonds is 4. The van der Waals surface area contributed by atoms with Crippen LogP contribution in [-0.2, 0) is 11.3 Å². The molecule has 2 aliphatic rings. The summed E-state index contributed by atoms with van der Waals surface area (Å²) in [5.74, 6) is 1.77. The number of fused-ring (bicyclic) bond motifs is 1. The lowest BCUT2D eigenvalue weighted by molar-refractivity contribution is 0.0776. The number of ether oxygens (including phenoxy) is 3. The predicted octanol–water partition coefficient (Wildman–Crippen LogP) is 3.06. The van der Waals surface area contributed by atoms with Crippen LogP contribution in [0.15, 0.2) is 36.4 Å². The monoisotopic (exact) mass is 384 g/mol. The molecule has 0 aliphatic carbocycles. The lowest BCUT2D eigenvalue weighted by Gasteiger charge is -2.34. The zero-order valence-electron chi connectivity index (χ0n) is 15.9. The number of aromatic hydroxyl groups is 1. The van der Waals surface area contributed by atoms with Crippen molar-refractivity contribution in [3.63, 3.8) is 0 Å².